The van der Waals surface area contributed by atoms with Gasteiger partial charge in [0.15, 0.2) is 5.96 Å². The van der Waals surface area contributed by atoms with Crippen LogP contribution in [0.1, 0.15) is 31.7 Å². The zero-order valence-electron chi connectivity index (χ0n) is 13.6. The molecule has 6 nitrogen and oxygen atoms in total. The van der Waals surface area contributed by atoms with E-state index in [4.69, 9.17) is 0 Å². The molecule has 1 fully saturated rings. The second kappa shape index (κ2) is 8.76. The maximum atomic E-state index is 10.8. The molecule has 1 aromatic rings. The molecule has 7 heteroatoms. The van der Waals surface area contributed by atoms with Gasteiger partial charge in [-0.2, -0.15) is 11.8 Å². The summed E-state index contributed by atoms with van der Waals surface area (Å²) < 4.78 is 0. The Kier molecular flexibility index (Phi) is 6.70. The highest BCUT2D eigenvalue weighted by Gasteiger charge is 2.25. The smallest absolute Gasteiger partial charge is 0.269 e. The van der Waals surface area contributed by atoms with E-state index in [1.54, 1.807) is 19.2 Å². The van der Waals surface area contributed by atoms with Crippen LogP contribution in [-0.2, 0) is 6.54 Å². The SMILES string of the molecule is CCSC1CCC(NC(=NC)NCc2cccc([N+](=O)[O-])c2)C1. The van der Waals surface area contributed by atoms with E-state index in [0.717, 1.165) is 35.4 Å². The van der Waals surface area contributed by atoms with Gasteiger partial charge in [0.2, 0.25) is 0 Å². The topological polar surface area (TPSA) is 79.6 Å². The van der Waals surface area contributed by atoms with Crippen molar-refractivity contribution >= 4 is 23.4 Å². The van der Waals surface area contributed by atoms with Crippen LogP contribution in [0.3, 0.4) is 0 Å². The highest BCUT2D eigenvalue weighted by atomic mass is 32.2. The number of nitro benzene ring substituents is 1. The molecule has 1 aliphatic carbocycles. The Morgan fingerprint density at radius 3 is 3.00 bits per heavy atom. The minimum Gasteiger partial charge on any atom is -0.354 e. The minimum absolute atomic E-state index is 0.113. The van der Waals surface area contributed by atoms with E-state index in [-0.39, 0.29) is 10.6 Å². The minimum atomic E-state index is -0.374. The first kappa shape index (κ1) is 17.6. The van der Waals surface area contributed by atoms with Crippen molar-refractivity contribution in [3.63, 3.8) is 0 Å². The van der Waals surface area contributed by atoms with Gasteiger partial charge in [-0.3, -0.25) is 15.1 Å². The van der Waals surface area contributed by atoms with Crippen molar-refractivity contribution in [2.45, 2.75) is 44.0 Å². The van der Waals surface area contributed by atoms with E-state index in [2.05, 4.69) is 22.5 Å². The van der Waals surface area contributed by atoms with Gasteiger partial charge >= 0.3 is 0 Å². The summed E-state index contributed by atoms with van der Waals surface area (Å²) in [5.74, 6) is 1.92. The molecule has 23 heavy (non-hydrogen) atoms. The molecule has 0 aromatic heterocycles. The number of hydrogen-bond acceptors (Lipinski definition) is 4. The summed E-state index contributed by atoms with van der Waals surface area (Å²) >= 11 is 2.03. The van der Waals surface area contributed by atoms with Crippen molar-refractivity contribution in [1.29, 1.82) is 0 Å². The number of thioether (sulfide) groups is 1. The molecule has 2 rings (SSSR count). The fraction of sp³-hybridized carbons (Fsp3) is 0.562. The lowest BCUT2D eigenvalue weighted by Crippen LogP contribution is -2.42. The normalized spacial score (nSPS) is 21.2. The van der Waals surface area contributed by atoms with Gasteiger partial charge in [0.25, 0.3) is 5.69 Å². The highest BCUT2D eigenvalue weighted by molar-refractivity contribution is 7.99. The summed E-state index contributed by atoms with van der Waals surface area (Å²) in [4.78, 5) is 14.7. The first-order chi connectivity index (χ1) is 11.1. The molecular formula is C16H24N4O2S. The molecule has 0 amide bonds. The number of nitrogens with zero attached hydrogens (tertiary/aromatic N) is 2. The summed E-state index contributed by atoms with van der Waals surface area (Å²) in [7, 11) is 1.75. The van der Waals surface area contributed by atoms with Gasteiger partial charge < -0.3 is 10.6 Å². The van der Waals surface area contributed by atoms with E-state index >= 15 is 0 Å². The number of nitrogens with one attached hydrogen (secondary N) is 2. The third-order valence-electron chi connectivity index (χ3n) is 3.93. The molecule has 0 aliphatic heterocycles. The zero-order valence-corrected chi connectivity index (χ0v) is 14.4. The molecule has 2 unspecified atom stereocenters. The van der Waals surface area contributed by atoms with Crippen LogP contribution in [0.2, 0.25) is 0 Å². The van der Waals surface area contributed by atoms with Crippen LogP contribution in [-0.4, -0.2) is 35.0 Å². The largest absolute Gasteiger partial charge is 0.354 e. The second-order valence-electron chi connectivity index (χ2n) is 5.58. The van der Waals surface area contributed by atoms with E-state index in [1.165, 1.54) is 12.5 Å². The van der Waals surface area contributed by atoms with Gasteiger partial charge in [-0.25, -0.2) is 0 Å². The van der Waals surface area contributed by atoms with Crippen molar-refractivity contribution < 1.29 is 4.92 Å². The quantitative estimate of drug-likeness (QED) is 0.361. The molecule has 1 saturated carbocycles. The third-order valence-corrected chi connectivity index (χ3v) is 5.17. The van der Waals surface area contributed by atoms with Crippen molar-refractivity contribution in [1.82, 2.24) is 10.6 Å². The predicted molar refractivity (Wildman–Crippen MR) is 96.0 cm³/mol. The monoisotopic (exact) mass is 336 g/mol. The Balaban J connectivity index is 1.84. The number of aliphatic imine (C=N–C) groups is 1. The number of non-ortho nitro benzene ring substituents is 1. The van der Waals surface area contributed by atoms with Gasteiger partial charge in [-0.15, -0.1) is 0 Å². The Morgan fingerprint density at radius 1 is 1.48 bits per heavy atom. The fourth-order valence-corrected chi connectivity index (χ4v) is 3.95. The standard InChI is InChI=1S/C16H24N4O2S/c1-3-23-15-8-7-13(10-15)19-16(17-2)18-11-12-5-4-6-14(9-12)20(21)22/h4-6,9,13,15H,3,7-8,10-11H2,1-2H3,(H2,17,18,19). The van der Waals surface area contributed by atoms with Crippen molar-refractivity contribution in [3.8, 4) is 0 Å². The summed E-state index contributed by atoms with van der Waals surface area (Å²) in [6.07, 6.45) is 3.57. The van der Waals surface area contributed by atoms with Crippen LogP contribution < -0.4 is 10.6 Å². The molecule has 0 bridgehead atoms. The van der Waals surface area contributed by atoms with E-state index in [9.17, 15) is 10.1 Å². The zero-order chi connectivity index (χ0) is 16.7. The second-order valence-corrected chi connectivity index (χ2v) is 7.16. The Bertz CT molecular complexity index is 565. The molecule has 1 aliphatic rings. The van der Waals surface area contributed by atoms with Crippen LogP contribution in [0.15, 0.2) is 29.3 Å². The van der Waals surface area contributed by atoms with E-state index in [1.807, 2.05) is 17.8 Å². The van der Waals surface area contributed by atoms with Crippen LogP contribution in [0.5, 0.6) is 0 Å². The molecule has 0 saturated heterocycles. The Morgan fingerprint density at radius 2 is 2.30 bits per heavy atom. The van der Waals surface area contributed by atoms with Crippen LogP contribution in [0.4, 0.5) is 5.69 Å². The van der Waals surface area contributed by atoms with Gasteiger partial charge in [0, 0.05) is 37.0 Å². The maximum absolute atomic E-state index is 10.8. The average molecular weight is 336 g/mol. The van der Waals surface area contributed by atoms with Gasteiger partial charge in [0.05, 0.1) is 4.92 Å². The predicted octanol–water partition coefficient (Wildman–Crippen LogP) is 2.93. The Labute approximate surface area is 141 Å². The lowest BCUT2D eigenvalue weighted by Gasteiger charge is -2.17. The number of hydrogen-bond donors (Lipinski definition) is 2. The van der Waals surface area contributed by atoms with Crippen molar-refractivity contribution in [3.05, 3.63) is 39.9 Å². The summed E-state index contributed by atoms with van der Waals surface area (Å²) in [5, 5.41) is 18.2. The van der Waals surface area contributed by atoms with Crippen molar-refractivity contribution in [2.75, 3.05) is 12.8 Å². The Hall–Kier alpha value is -1.76. The molecule has 1 aromatic carbocycles. The first-order valence-corrected chi connectivity index (χ1v) is 8.99. The molecule has 126 valence electrons. The van der Waals surface area contributed by atoms with Crippen LogP contribution in [0, 0.1) is 10.1 Å². The maximum Gasteiger partial charge on any atom is 0.269 e. The van der Waals surface area contributed by atoms with E-state index in [0.29, 0.717) is 12.6 Å². The molecule has 2 atom stereocenters. The molecule has 2 N–H and O–H groups in total. The van der Waals surface area contributed by atoms with E-state index < -0.39 is 0 Å². The molecular weight excluding hydrogens is 312 g/mol. The summed E-state index contributed by atoms with van der Waals surface area (Å²) in [5.41, 5.74) is 0.982. The average Bonchev–Trinajstić information content (AvgIpc) is 2.99. The summed E-state index contributed by atoms with van der Waals surface area (Å²) in [6.45, 7) is 2.71. The first-order valence-electron chi connectivity index (χ1n) is 7.94. The van der Waals surface area contributed by atoms with Gasteiger partial charge in [0.1, 0.15) is 0 Å². The number of benzene rings is 1. The molecule has 0 radical (unpaired) electrons. The lowest BCUT2D eigenvalue weighted by molar-refractivity contribution is -0.384. The fourth-order valence-electron chi connectivity index (χ4n) is 2.81. The third kappa shape index (κ3) is 5.42. The van der Waals surface area contributed by atoms with Crippen LogP contribution >= 0.6 is 11.8 Å². The number of rotatable bonds is 6. The highest BCUT2D eigenvalue weighted by Crippen LogP contribution is 2.29. The summed E-state index contributed by atoms with van der Waals surface area (Å²) in [6, 6.07) is 7.12. The van der Waals surface area contributed by atoms with Crippen LogP contribution in [0.25, 0.3) is 0 Å². The molecule has 0 spiro atoms. The van der Waals surface area contributed by atoms with Crippen molar-refractivity contribution in [2.24, 2.45) is 4.99 Å². The number of guanidine groups is 1. The van der Waals surface area contributed by atoms with Gasteiger partial charge in [-0.05, 0) is 30.6 Å². The number of nitro groups is 1. The molecule has 0 heterocycles. The van der Waals surface area contributed by atoms with Gasteiger partial charge in [-0.1, -0.05) is 19.1 Å². The lowest BCUT2D eigenvalue weighted by atomic mass is 10.2.